The topological polar surface area (TPSA) is 107 Å². The Bertz CT molecular complexity index is 1710. The van der Waals surface area contributed by atoms with Gasteiger partial charge in [-0.1, -0.05) is 48.5 Å². The van der Waals surface area contributed by atoms with Crippen LogP contribution in [0.15, 0.2) is 97.1 Å². The first-order valence-electron chi connectivity index (χ1n) is 17.0. The van der Waals surface area contributed by atoms with Crippen LogP contribution in [0.25, 0.3) is 0 Å². The summed E-state index contributed by atoms with van der Waals surface area (Å²) in [5, 5.41) is 11.5. The normalized spacial score (nSPS) is 18.6. The van der Waals surface area contributed by atoms with Gasteiger partial charge < -0.3 is 38.6 Å². The molecular weight excluding hydrogens is 636 g/mol. The van der Waals surface area contributed by atoms with Gasteiger partial charge >= 0.3 is 6.09 Å². The van der Waals surface area contributed by atoms with Crippen molar-refractivity contribution in [3.8, 4) is 17.2 Å². The minimum Gasteiger partial charge on any atom is -0.490 e. The molecule has 0 saturated carbocycles. The first-order chi connectivity index (χ1) is 24.4. The maximum atomic E-state index is 13.2. The third kappa shape index (κ3) is 8.81. The van der Waals surface area contributed by atoms with E-state index in [1.54, 1.807) is 31.4 Å². The highest BCUT2D eigenvalue weighted by Gasteiger charge is 2.40. The van der Waals surface area contributed by atoms with Gasteiger partial charge in [0.1, 0.15) is 30.5 Å². The van der Waals surface area contributed by atoms with E-state index in [1.807, 2.05) is 66.7 Å². The monoisotopic (exact) mass is 680 g/mol. The first kappa shape index (κ1) is 34.9. The van der Waals surface area contributed by atoms with Crippen molar-refractivity contribution < 1.29 is 38.4 Å². The molecule has 50 heavy (non-hydrogen) atoms. The molecule has 1 saturated heterocycles. The lowest BCUT2D eigenvalue weighted by Gasteiger charge is -2.41. The number of rotatable bonds is 13. The van der Waals surface area contributed by atoms with Gasteiger partial charge in [0.25, 0.3) is 0 Å². The lowest BCUT2D eigenvalue weighted by Crippen LogP contribution is -2.53. The molecule has 0 aromatic heterocycles. The number of benzene rings is 4. The minimum atomic E-state index is -0.905. The molecule has 262 valence electrons. The molecule has 4 aromatic carbocycles. The van der Waals surface area contributed by atoms with E-state index in [0.29, 0.717) is 30.3 Å². The predicted molar refractivity (Wildman–Crippen MR) is 189 cm³/mol. The fourth-order valence-corrected chi connectivity index (χ4v) is 6.44. The highest BCUT2D eigenvalue weighted by Crippen LogP contribution is 2.36. The van der Waals surface area contributed by atoms with Crippen molar-refractivity contribution in [2.45, 2.75) is 44.7 Å². The van der Waals surface area contributed by atoms with Gasteiger partial charge in [0.2, 0.25) is 0 Å². The number of anilines is 1. The van der Waals surface area contributed by atoms with Gasteiger partial charge in [0.15, 0.2) is 5.78 Å². The Labute approximate surface area is 293 Å². The van der Waals surface area contributed by atoms with Crippen LogP contribution in [0, 0.1) is 0 Å². The third-order valence-electron chi connectivity index (χ3n) is 9.07. The second-order valence-corrected chi connectivity index (χ2v) is 12.6. The summed E-state index contributed by atoms with van der Waals surface area (Å²) in [6, 6.07) is 30.1. The van der Waals surface area contributed by atoms with Crippen molar-refractivity contribution in [1.82, 2.24) is 4.90 Å². The molecule has 0 aliphatic carbocycles. The van der Waals surface area contributed by atoms with Crippen molar-refractivity contribution in [2.75, 3.05) is 51.4 Å². The highest BCUT2D eigenvalue weighted by molar-refractivity contribution is 5.94. The number of Topliss-reactive ketones (excluding diaryl/α,β-unsaturated/α-hetero) is 1. The van der Waals surface area contributed by atoms with Gasteiger partial charge in [0.05, 0.1) is 44.1 Å². The summed E-state index contributed by atoms with van der Waals surface area (Å²) in [5.41, 5.74) is 4.34. The lowest BCUT2D eigenvalue weighted by molar-refractivity contribution is -0.0692. The van der Waals surface area contributed by atoms with E-state index >= 15 is 0 Å². The van der Waals surface area contributed by atoms with E-state index in [9.17, 15) is 14.7 Å². The van der Waals surface area contributed by atoms with Crippen LogP contribution in [0.3, 0.4) is 0 Å². The SMILES string of the molecule is COCCCN1CCOc2ccc(COC3CN(C(=O)OCc4ccccc4)CC(O)C3c3ccc(Oc4ccc(C(C)=O)cc4)cc3)cc21. The third-order valence-corrected chi connectivity index (χ3v) is 9.07. The van der Waals surface area contributed by atoms with Gasteiger partial charge in [-0.25, -0.2) is 4.79 Å². The zero-order chi connectivity index (χ0) is 34.9. The molecule has 4 aromatic rings. The van der Waals surface area contributed by atoms with Crippen LogP contribution in [0.2, 0.25) is 0 Å². The average Bonchev–Trinajstić information content (AvgIpc) is 3.14. The van der Waals surface area contributed by atoms with E-state index in [0.717, 1.165) is 47.6 Å². The molecule has 3 atom stereocenters. The summed E-state index contributed by atoms with van der Waals surface area (Å²) >= 11 is 0. The van der Waals surface area contributed by atoms with E-state index in [-0.39, 0.29) is 32.1 Å². The molecule has 2 heterocycles. The number of amides is 1. The standard InChI is InChI=1S/C40H44N2O8/c1-28(43)31-10-14-33(15-11-31)50-34-16-12-32(13-17-34)39-36(44)24-42(40(45)49-26-29-7-4-3-5-8-29)25-38(39)48-27-30-9-18-37-35(23-30)41(20-22-47-37)19-6-21-46-2/h3-5,7-18,23,36,38-39,44H,6,19-22,24-27H2,1-2H3. The minimum absolute atomic E-state index is 0.00713. The summed E-state index contributed by atoms with van der Waals surface area (Å²) < 4.78 is 29.4. The van der Waals surface area contributed by atoms with Crippen molar-refractivity contribution in [2.24, 2.45) is 0 Å². The fraction of sp³-hybridized carbons (Fsp3) is 0.350. The van der Waals surface area contributed by atoms with Gasteiger partial charge in [-0.15, -0.1) is 0 Å². The highest BCUT2D eigenvalue weighted by atomic mass is 16.6. The Hall–Kier alpha value is -4.90. The molecule has 10 nitrogen and oxygen atoms in total. The van der Waals surface area contributed by atoms with E-state index in [2.05, 4.69) is 11.0 Å². The smallest absolute Gasteiger partial charge is 0.410 e. The van der Waals surface area contributed by atoms with Crippen LogP contribution in [0.4, 0.5) is 10.5 Å². The van der Waals surface area contributed by atoms with Gasteiger partial charge in [-0.3, -0.25) is 4.79 Å². The number of ether oxygens (including phenoxy) is 5. The van der Waals surface area contributed by atoms with Crippen LogP contribution >= 0.6 is 0 Å². The van der Waals surface area contributed by atoms with Crippen LogP contribution < -0.4 is 14.4 Å². The Balaban J connectivity index is 1.18. The number of nitrogens with zero attached hydrogens (tertiary/aromatic N) is 2. The van der Waals surface area contributed by atoms with Crippen LogP contribution in [0.5, 0.6) is 17.2 Å². The zero-order valence-corrected chi connectivity index (χ0v) is 28.5. The number of aliphatic hydroxyl groups excluding tert-OH is 1. The molecule has 0 radical (unpaired) electrons. The number of methoxy groups -OCH3 is 1. The van der Waals surface area contributed by atoms with Crippen molar-refractivity contribution >= 4 is 17.6 Å². The molecule has 1 fully saturated rings. The van der Waals surface area contributed by atoms with Crippen LogP contribution in [-0.2, 0) is 27.4 Å². The molecular formula is C40H44N2O8. The number of likely N-dealkylation sites (tertiary alicyclic amines) is 1. The van der Waals surface area contributed by atoms with E-state index in [4.69, 9.17) is 23.7 Å². The molecule has 6 rings (SSSR count). The number of hydrogen-bond donors (Lipinski definition) is 1. The van der Waals surface area contributed by atoms with Gasteiger partial charge in [0, 0.05) is 31.7 Å². The second-order valence-electron chi connectivity index (χ2n) is 12.6. The number of hydrogen-bond acceptors (Lipinski definition) is 9. The number of aliphatic hydroxyl groups is 1. The van der Waals surface area contributed by atoms with E-state index in [1.165, 1.54) is 11.8 Å². The summed E-state index contributed by atoms with van der Waals surface area (Å²) in [5.74, 6) is 1.65. The summed E-state index contributed by atoms with van der Waals surface area (Å²) in [7, 11) is 1.71. The number of carbonyl (C=O) groups is 2. The molecule has 1 N–H and O–H groups in total. The number of piperidine rings is 1. The number of β-amino-alcohol motifs (C(OH)–C–C–N with tert-alkyl or cyclic N) is 1. The Morgan fingerprint density at radius 2 is 1.62 bits per heavy atom. The van der Waals surface area contributed by atoms with Crippen LogP contribution in [0.1, 0.15) is 46.3 Å². The maximum absolute atomic E-state index is 13.2. The lowest BCUT2D eigenvalue weighted by atomic mass is 9.84. The van der Waals surface area contributed by atoms with E-state index < -0.39 is 24.2 Å². The molecule has 0 spiro atoms. The van der Waals surface area contributed by atoms with Crippen molar-refractivity contribution in [1.29, 1.82) is 0 Å². The quantitative estimate of drug-likeness (QED) is 0.124. The number of fused-ring (bicyclic) bond motifs is 1. The van der Waals surface area contributed by atoms with Crippen molar-refractivity contribution in [3.63, 3.8) is 0 Å². The van der Waals surface area contributed by atoms with Gasteiger partial charge in [-0.05, 0) is 78.6 Å². The first-order valence-corrected chi connectivity index (χ1v) is 17.0. The largest absolute Gasteiger partial charge is 0.490 e. The molecule has 1 amide bonds. The summed E-state index contributed by atoms with van der Waals surface area (Å²) in [6.07, 6.45) is -1.03. The van der Waals surface area contributed by atoms with Crippen molar-refractivity contribution in [3.05, 3.63) is 119 Å². The Morgan fingerprint density at radius 1 is 0.880 bits per heavy atom. The summed E-state index contributed by atoms with van der Waals surface area (Å²) in [6.45, 7) is 5.25. The molecule has 3 unspecified atom stereocenters. The zero-order valence-electron chi connectivity index (χ0n) is 28.5. The summed E-state index contributed by atoms with van der Waals surface area (Å²) in [4.78, 5) is 28.7. The number of carbonyl (C=O) groups excluding carboxylic acids is 2. The molecule has 10 heteroatoms. The predicted octanol–water partition coefficient (Wildman–Crippen LogP) is 6.60. The Morgan fingerprint density at radius 3 is 2.34 bits per heavy atom. The average molecular weight is 681 g/mol. The second kappa shape index (κ2) is 16.7. The number of ketones is 1. The molecule has 0 bridgehead atoms. The molecule has 2 aliphatic heterocycles. The maximum Gasteiger partial charge on any atom is 0.410 e. The van der Waals surface area contributed by atoms with Gasteiger partial charge in [-0.2, -0.15) is 0 Å². The molecule has 2 aliphatic rings. The Kier molecular flexibility index (Phi) is 11.7. The fourth-order valence-electron chi connectivity index (χ4n) is 6.44. The van der Waals surface area contributed by atoms with Crippen LogP contribution in [-0.4, -0.2) is 80.6 Å².